The summed E-state index contributed by atoms with van der Waals surface area (Å²) >= 11 is 0. The number of hydrogen-bond donors (Lipinski definition) is 1. The summed E-state index contributed by atoms with van der Waals surface area (Å²) < 4.78 is 0. The third-order valence-corrected chi connectivity index (χ3v) is 10.4. The highest BCUT2D eigenvalue weighted by molar-refractivity contribution is 6.41. The van der Waals surface area contributed by atoms with Crippen molar-refractivity contribution in [3.05, 3.63) is 70.8 Å². The normalized spacial score (nSPS) is 14.9. The largest absolute Gasteiger partial charge is 0.333 e. The van der Waals surface area contributed by atoms with Gasteiger partial charge in [0.2, 0.25) is 0 Å². The molecule has 7 rings (SSSR count). The number of rotatable bonds is 14. The van der Waals surface area contributed by atoms with Gasteiger partial charge in [-0.05, 0) is 95.4 Å². The number of benzene rings is 5. The maximum Gasteiger partial charge on any atom is 0.261 e. The average molecular weight is 646 g/mol. The third kappa shape index (κ3) is 4.96. The number of amides is 4. The van der Waals surface area contributed by atoms with Gasteiger partial charge in [0.1, 0.15) is 0 Å². The fraction of sp³-hybridized carbons (Fsp3) is 0.400. The van der Waals surface area contributed by atoms with Gasteiger partial charge in [0.25, 0.3) is 23.6 Å². The third-order valence-electron chi connectivity index (χ3n) is 10.4. The lowest BCUT2D eigenvalue weighted by atomic mass is 9.82. The van der Waals surface area contributed by atoms with Crippen molar-refractivity contribution in [1.82, 2.24) is 14.7 Å². The van der Waals surface area contributed by atoms with Crippen LogP contribution in [0.5, 0.6) is 0 Å². The van der Waals surface area contributed by atoms with Crippen molar-refractivity contribution in [3.8, 4) is 0 Å². The van der Waals surface area contributed by atoms with E-state index in [0.717, 1.165) is 90.7 Å². The molecule has 2 aliphatic heterocycles. The molecular formula is C40H45N4O4+. The van der Waals surface area contributed by atoms with Gasteiger partial charge in [0.05, 0.1) is 26.2 Å². The highest BCUT2D eigenvalue weighted by atomic mass is 16.2. The van der Waals surface area contributed by atoms with Crippen LogP contribution in [-0.4, -0.2) is 90.7 Å². The molecule has 0 aliphatic carbocycles. The predicted octanol–water partition coefficient (Wildman–Crippen LogP) is 5.76. The Labute approximate surface area is 281 Å². The van der Waals surface area contributed by atoms with Gasteiger partial charge in [-0.3, -0.25) is 29.0 Å². The Kier molecular flexibility index (Phi) is 8.64. The van der Waals surface area contributed by atoms with E-state index in [0.29, 0.717) is 52.7 Å². The molecule has 0 fully saturated rings. The molecule has 0 aromatic heterocycles. The fourth-order valence-electron chi connectivity index (χ4n) is 8.34. The number of carbonyl (C=O) groups excluding carboxylic acids is 4. The first-order chi connectivity index (χ1) is 23.3. The molecule has 4 amide bonds. The van der Waals surface area contributed by atoms with Crippen molar-refractivity contribution in [3.63, 3.8) is 0 Å². The summed E-state index contributed by atoms with van der Waals surface area (Å²) in [5, 5.41) is 6.80. The zero-order valence-corrected chi connectivity index (χ0v) is 28.6. The summed E-state index contributed by atoms with van der Waals surface area (Å²) in [6.07, 6.45) is 4.15. The highest BCUT2D eigenvalue weighted by Crippen LogP contribution is 2.46. The molecule has 0 saturated carbocycles. The molecule has 48 heavy (non-hydrogen) atoms. The molecule has 0 spiro atoms. The van der Waals surface area contributed by atoms with Crippen LogP contribution < -0.4 is 4.90 Å². The molecule has 0 saturated heterocycles. The number of nitrogens with one attached hydrogen (secondary N) is 1. The van der Waals surface area contributed by atoms with Crippen molar-refractivity contribution in [2.45, 2.75) is 53.4 Å². The maximum absolute atomic E-state index is 13.9. The summed E-state index contributed by atoms with van der Waals surface area (Å²) in [6.45, 7) is 14.6. The summed E-state index contributed by atoms with van der Waals surface area (Å²) in [4.78, 5) is 62.3. The predicted molar refractivity (Wildman–Crippen MR) is 192 cm³/mol. The standard InChI is InChI=1S/C40H44N4O4/c1-5-17-41(18-6-2)21-23-43-37(45)29-13-9-25-27-11-15-31-36-32(40(48)44(39(31)47)24-22-42(19-7-3)20-8-4)16-12-28(34(27)36)26-10-14-30(38(43)46)35(29)33(25)26/h9-16H,5-8,17-24H2,1-4H3/p+1. The van der Waals surface area contributed by atoms with E-state index in [1.807, 2.05) is 48.5 Å². The first kappa shape index (κ1) is 32.2. The quantitative estimate of drug-likeness (QED) is 0.0945. The van der Waals surface area contributed by atoms with Crippen LogP contribution in [0.2, 0.25) is 0 Å². The lowest BCUT2D eigenvalue weighted by Crippen LogP contribution is -3.12. The minimum Gasteiger partial charge on any atom is -0.333 e. The molecule has 2 heterocycles. The lowest BCUT2D eigenvalue weighted by molar-refractivity contribution is -0.899. The smallest absolute Gasteiger partial charge is 0.261 e. The molecule has 5 aromatic rings. The van der Waals surface area contributed by atoms with Gasteiger partial charge < -0.3 is 9.80 Å². The summed E-state index contributed by atoms with van der Waals surface area (Å²) in [6, 6.07) is 15.3. The number of imide groups is 2. The van der Waals surface area contributed by atoms with Gasteiger partial charge in [-0.25, -0.2) is 0 Å². The number of carbonyl (C=O) groups is 4. The molecule has 0 unspecified atom stereocenters. The summed E-state index contributed by atoms with van der Waals surface area (Å²) in [5.74, 6) is -0.996. The molecule has 0 atom stereocenters. The maximum atomic E-state index is 13.9. The molecule has 8 nitrogen and oxygen atoms in total. The molecule has 8 heteroatoms. The second-order valence-electron chi connectivity index (χ2n) is 13.5. The monoisotopic (exact) mass is 645 g/mol. The van der Waals surface area contributed by atoms with Crippen LogP contribution in [0, 0.1) is 0 Å². The minimum absolute atomic E-state index is 0.243. The molecule has 1 N–H and O–H groups in total. The molecule has 5 aromatic carbocycles. The minimum atomic E-state index is -0.255. The second kappa shape index (κ2) is 12.9. The van der Waals surface area contributed by atoms with Crippen molar-refractivity contribution >= 4 is 66.7 Å². The van der Waals surface area contributed by atoms with Gasteiger partial charge in [-0.1, -0.05) is 52.0 Å². The molecule has 0 radical (unpaired) electrons. The first-order valence-electron chi connectivity index (χ1n) is 17.8. The van der Waals surface area contributed by atoms with Crippen LogP contribution in [0.1, 0.15) is 94.8 Å². The Morgan fingerprint density at radius 1 is 0.458 bits per heavy atom. The van der Waals surface area contributed by atoms with E-state index < -0.39 is 0 Å². The first-order valence-corrected chi connectivity index (χ1v) is 17.8. The van der Waals surface area contributed by atoms with Gasteiger partial charge >= 0.3 is 0 Å². The van der Waals surface area contributed by atoms with E-state index in [4.69, 9.17) is 0 Å². The molecular weight excluding hydrogens is 600 g/mol. The van der Waals surface area contributed by atoms with E-state index in [-0.39, 0.29) is 23.6 Å². The van der Waals surface area contributed by atoms with Crippen LogP contribution in [-0.2, 0) is 0 Å². The van der Waals surface area contributed by atoms with E-state index in [1.54, 1.807) is 0 Å². The van der Waals surface area contributed by atoms with Crippen molar-refractivity contribution < 1.29 is 24.1 Å². The van der Waals surface area contributed by atoms with Crippen LogP contribution >= 0.6 is 0 Å². The zero-order valence-electron chi connectivity index (χ0n) is 28.6. The van der Waals surface area contributed by atoms with E-state index in [1.165, 1.54) is 14.7 Å². The summed E-state index contributed by atoms with van der Waals surface area (Å²) in [5.41, 5.74) is 2.18. The van der Waals surface area contributed by atoms with E-state index in [9.17, 15) is 19.2 Å². The van der Waals surface area contributed by atoms with Gasteiger partial charge in [0.15, 0.2) is 0 Å². The van der Waals surface area contributed by atoms with E-state index >= 15 is 0 Å². The SMILES string of the molecule is CCCN(CCC)CCN1C(=O)c2ccc3c4ccc5c6c(ccc(c7ccc(c2c37)C1=O)c64)C(=O)N(CC[NH+](CCC)CCC)C5=O. The Balaban J connectivity index is 1.32. The Morgan fingerprint density at radius 3 is 1.19 bits per heavy atom. The van der Waals surface area contributed by atoms with Crippen molar-refractivity contribution in [2.75, 3.05) is 52.4 Å². The Bertz CT molecular complexity index is 1820. The van der Waals surface area contributed by atoms with Crippen LogP contribution in [0.25, 0.3) is 43.1 Å². The lowest BCUT2D eigenvalue weighted by Gasteiger charge is -2.31. The van der Waals surface area contributed by atoms with Gasteiger partial charge in [-0.2, -0.15) is 0 Å². The summed E-state index contributed by atoms with van der Waals surface area (Å²) in [7, 11) is 0. The molecule has 2 aliphatic rings. The van der Waals surface area contributed by atoms with Crippen LogP contribution in [0.3, 0.4) is 0 Å². The second-order valence-corrected chi connectivity index (χ2v) is 13.5. The Hall–Kier alpha value is -4.40. The number of quaternary nitrogens is 1. The number of nitrogens with zero attached hydrogens (tertiary/aromatic N) is 3. The van der Waals surface area contributed by atoms with Gasteiger partial charge in [-0.15, -0.1) is 0 Å². The fourth-order valence-corrected chi connectivity index (χ4v) is 8.34. The van der Waals surface area contributed by atoms with Crippen molar-refractivity contribution in [1.29, 1.82) is 0 Å². The molecule has 248 valence electrons. The van der Waals surface area contributed by atoms with Crippen LogP contribution in [0.15, 0.2) is 48.5 Å². The van der Waals surface area contributed by atoms with Crippen LogP contribution in [0.4, 0.5) is 0 Å². The number of hydrogen-bond acceptors (Lipinski definition) is 5. The highest BCUT2D eigenvalue weighted by Gasteiger charge is 2.37. The van der Waals surface area contributed by atoms with Gasteiger partial charge in [0, 0.05) is 46.1 Å². The average Bonchev–Trinajstić information content (AvgIpc) is 3.09. The molecule has 0 bridgehead atoms. The van der Waals surface area contributed by atoms with Crippen molar-refractivity contribution in [2.24, 2.45) is 0 Å². The van der Waals surface area contributed by atoms with E-state index in [2.05, 4.69) is 32.6 Å². The zero-order chi connectivity index (χ0) is 33.7. The number of fused-ring (bicyclic) bond motifs is 2. The topological polar surface area (TPSA) is 82.4 Å². The Morgan fingerprint density at radius 2 is 0.833 bits per heavy atom.